The third kappa shape index (κ3) is 3.67. The van der Waals surface area contributed by atoms with Crippen molar-refractivity contribution in [2.24, 2.45) is 0 Å². The van der Waals surface area contributed by atoms with Crippen LogP contribution in [0.25, 0.3) is 0 Å². The Morgan fingerprint density at radius 1 is 1.41 bits per heavy atom. The molecule has 1 aromatic rings. The maximum Gasteiger partial charge on any atom is 0.253 e. The molecule has 0 saturated carbocycles. The van der Waals surface area contributed by atoms with Crippen LogP contribution in [0.5, 0.6) is 0 Å². The van der Waals surface area contributed by atoms with Gasteiger partial charge in [0.05, 0.1) is 0 Å². The van der Waals surface area contributed by atoms with Gasteiger partial charge in [-0.2, -0.15) is 0 Å². The first-order chi connectivity index (χ1) is 7.86. The SMILES string of the molecule is CN(CCF)C(=O)c1cccc(P(C)(C)=O)c1. The van der Waals surface area contributed by atoms with Gasteiger partial charge in [-0.1, -0.05) is 12.1 Å². The van der Waals surface area contributed by atoms with Crippen LogP contribution in [0, 0.1) is 0 Å². The minimum absolute atomic E-state index is 0.0684. The molecule has 0 atom stereocenters. The molecule has 0 aromatic heterocycles. The summed E-state index contributed by atoms with van der Waals surface area (Å²) in [6, 6.07) is 6.71. The third-order valence-corrected chi connectivity index (χ3v) is 4.00. The van der Waals surface area contributed by atoms with E-state index in [4.69, 9.17) is 0 Å². The zero-order valence-corrected chi connectivity index (χ0v) is 11.2. The summed E-state index contributed by atoms with van der Waals surface area (Å²) in [4.78, 5) is 13.2. The number of alkyl halides is 1. The Hall–Kier alpha value is -1.15. The molecule has 0 aliphatic heterocycles. The highest BCUT2D eigenvalue weighted by Gasteiger charge is 2.15. The fourth-order valence-electron chi connectivity index (χ4n) is 1.42. The van der Waals surface area contributed by atoms with Gasteiger partial charge in [0.15, 0.2) is 0 Å². The first-order valence-corrected chi connectivity index (χ1v) is 7.93. The molecule has 1 amide bonds. The van der Waals surface area contributed by atoms with E-state index in [1.165, 1.54) is 4.90 Å². The summed E-state index contributed by atoms with van der Waals surface area (Å²) < 4.78 is 24.1. The van der Waals surface area contributed by atoms with Crippen molar-refractivity contribution in [1.82, 2.24) is 4.90 Å². The lowest BCUT2D eigenvalue weighted by molar-refractivity contribution is 0.0786. The van der Waals surface area contributed by atoms with E-state index in [1.54, 1.807) is 44.6 Å². The summed E-state index contributed by atoms with van der Waals surface area (Å²) in [6.07, 6.45) is 0. The smallest absolute Gasteiger partial charge is 0.253 e. The standard InChI is InChI=1S/C12H17FNO2P/c1-14(8-7-13)12(15)10-5-4-6-11(9-10)17(2,3)16/h4-6,9H,7-8H2,1-3H3. The van der Waals surface area contributed by atoms with Gasteiger partial charge in [0.1, 0.15) is 13.8 Å². The normalized spacial score (nSPS) is 11.3. The molecular formula is C12H17FNO2P. The van der Waals surface area contributed by atoms with Crippen molar-refractivity contribution in [3.05, 3.63) is 29.8 Å². The van der Waals surface area contributed by atoms with Gasteiger partial charge < -0.3 is 9.46 Å². The molecule has 1 rings (SSSR count). The molecule has 0 aliphatic carbocycles. The average molecular weight is 257 g/mol. The second kappa shape index (κ2) is 5.46. The fraction of sp³-hybridized carbons (Fsp3) is 0.417. The van der Waals surface area contributed by atoms with E-state index in [0.717, 1.165) is 0 Å². The molecule has 0 saturated heterocycles. The number of rotatable bonds is 4. The van der Waals surface area contributed by atoms with Crippen LogP contribution < -0.4 is 5.30 Å². The van der Waals surface area contributed by atoms with Crippen molar-refractivity contribution in [3.8, 4) is 0 Å². The third-order valence-electron chi connectivity index (χ3n) is 2.48. The van der Waals surface area contributed by atoms with Crippen LogP contribution >= 0.6 is 7.14 Å². The zero-order chi connectivity index (χ0) is 13.1. The Morgan fingerprint density at radius 2 is 2.06 bits per heavy atom. The van der Waals surface area contributed by atoms with E-state index < -0.39 is 13.8 Å². The Bertz CT molecular complexity index is 456. The maximum atomic E-state index is 12.1. The van der Waals surface area contributed by atoms with Gasteiger partial charge in [0, 0.05) is 24.5 Å². The first-order valence-electron chi connectivity index (χ1n) is 5.33. The van der Waals surface area contributed by atoms with Crippen molar-refractivity contribution in [2.45, 2.75) is 0 Å². The number of carbonyl (C=O) groups is 1. The highest BCUT2D eigenvalue weighted by Crippen LogP contribution is 2.34. The highest BCUT2D eigenvalue weighted by atomic mass is 31.2. The van der Waals surface area contributed by atoms with Gasteiger partial charge in [-0.05, 0) is 25.5 Å². The Morgan fingerprint density at radius 3 is 2.59 bits per heavy atom. The molecule has 5 heteroatoms. The van der Waals surface area contributed by atoms with Crippen LogP contribution in [0.4, 0.5) is 4.39 Å². The minimum atomic E-state index is -2.38. The number of amides is 1. The van der Waals surface area contributed by atoms with Gasteiger partial charge in [0.25, 0.3) is 5.91 Å². The Labute approximate surface area is 101 Å². The minimum Gasteiger partial charge on any atom is -0.339 e. The lowest BCUT2D eigenvalue weighted by Crippen LogP contribution is -2.29. The summed E-state index contributed by atoms with van der Waals surface area (Å²) in [6.45, 7) is 2.81. The summed E-state index contributed by atoms with van der Waals surface area (Å²) in [5.74, 6) is -0.252. The van der Waals surface area contributed by atoms with E-state index in [2.05, 4.69) is 0 Å². The van der Waals surface area contributed by atoms with Gasteiger partial charge in [0.2, 0.25) is 0 Å². The highest BCUT2D eigenvalue weighted by molar-refractivity contribution is 7.70. The maximum absolute atomic E-state index is 12.1. The molecule has 3 nitrogen and oxygen atoms in total. The monoisotopic (exact) mass is 257 g/mol. The van der Waals surface area contributed by atoms with Crippen molar-refractivity contribution in [3.63, 3.8) is 0 Å². The molecule has 0 N–H and O–H groups in total. The first kappa shape index (κ1) is 13.9. The van der Waals surface area contributed by atoms with Crippen molar-refractivity contribution >= 4 is 18.4 Å². The van der Waals surface area contributed by atoms with Crippen LogP contribution in [0.2, 0.25) is 0 Å². The van der Waals surface area contributed by atoms with Gasteiger partial charge in [-0.3, -0.25) is 4.79 Å². The average Bonchev–Trinajstić information content (AvgIpc) is 2.27. The largest absolute Gasteiger partial charge is 0.339 e. The molecule has 0 fully saturated rings. The van der Waals surface area contributed by atoms with Crippen molar-refractivity contribution in [1.29, 1.82) is 0 Å². The van der Waals surface area contributed by atoms with E-state index >= 15 is 0 Å². The molecule has 0 bridgehead atoms. The Kier molecular flexibility index (Phi) is 4.47. The second-order valence-corrected chi connectivity index (χ2v) is 7.54. The molecule has 0 heterocycles. The number of hydrogen-bond donors (Lipinski definition) is 0. The topological polar surface area (TPSA) is 37.4 Å². The van der Waals surface area contributed by atoms with Gasteiger partial charge in [-0.25, -0.2) is 4.39 Å². The number of nitrogens with zero attached hydrogens (tertiary/aromatic N) is 1. The molecule has 0 radical (unpaired) electrons. The quantitative estimate of drug-likeness (QED) is 0.773. The van der Waals surface area contributed by atoms with Crippen LogP contribution in [0.1, 0.15) is 10.4 Å². The van der Waals surface area contributed by atoms with Gasteiger partial charge in [-0.15, -0.1) is 0 Å². The molecule has 0 unspecified atom stereocenters. The second-order valence-electron chi connectivity index (χ2n) is 4.32. The molecule has 17 heavy (non-hydrogen) atoms. The van der Waals surface area contributed by atoms with Crippen LogP contribution in [-0.2, 0) is 4.57 Å². The number of benzene rings is 1. The van der Waals surface area contributed by atoms with Crippen molar-refractivity contribution in [2.75, 3.05) is 33.6 Å². The predicted molar refractivity (Wildman–Crippen MR) is 68.5 cm³/mol. The predicted octanol–water partition coefficient (Wildman–Crippen LogP) is 1.98. The Balaban J connectivity index is 3.00. The van der Waals surface area contributed by atoms with Crippen LogP contribution in [-0.4, -0.2) is 44.4 Å². The molecule has 0 spiro atoms. The van der Waals surface area contributed by atoms with E-state index in [-0.39, 0.29) is 12.5 Å². The summed E-state index contributed by atoms with van der Waals surface area (Å²) in [7, 11) is -0.827. The molecule has 94 valence electrons. The van der Waals surface area contributed by atoms with Crippen LogP contribution in [0.3, 0.4) is 0 Å². The number of carbonyl (C=O) groups excluding carboxylic acids is 1. The lowest BCUT2D eigenvalue weighted by atomic mass is 10.2. The van der Waals surface area contributed by atoms with Crippen molar-refractivity contribution < 1.29 is 13.8 Å². The number of halogens is 1. The van der Waals surface area contributed by atoms with Gasteiger partial charge >= 0.3 is 0 Å². The number of hydrogen-bond acceptors (Lipinski definition) is 2. The van der Waals surface area contributed by atoms with E-state index in [9.17, 15) is 13.8 Å². The zero-order valence-electron chi connectivity index (χ0n) is 10.3. The summed E-state index contributed by atoms with van der Waals surface area (Å²) >= 11 is 0. The summed E-state index contributed by atoms with van der Waals surface area (Å²) in [5.41, 5.74) is 0.447. The molecule has 1 aromatic carbocycles. The summed E-state index contributed by atoms with van der Waals surface area (Å²) in [5, 5.41) is 0.664. The molecular weight excluding hydrogens is 240 g/mol. The fourth-order valence-corrected chi connectivity index (χ4v) is 2.32. The van der Waals surface area contributed by atoms with E-state index in [0.29, 0.717) is 10.9 Å². The van der Waals surface area contributed by atoms with Crippen LogP contribution in [0.15, 0.2) is 24.3 Å². The van der Waals surface area contributed by atoms with E-state index in [1.807, 2.05) is 0 Å². The molecule has 0 aliphatic rings. The lowest BCUT2D eigenvalue weighted by Gasteiger charge is -2.16.